The fraction of sp³-hybridized carbons (Fsp3) is 0.789. The van der Waals surface area contributed by atoms with Gasteiger partial charge in [-0.15, -0.1) is 34.2 Å². The van der Waals surface area contributed by atoms with Crippen molar-refractivity contribution in [3.8, 4) is 0 Å². The van der Waals surface area contributed by atoms with E-state index in [1.807, 2.05) is 7.05 Å². The van der Waals surface area contributed by atoms with E-state index in [1.165, 1.54) is 26.4 Å². The average molecular weight is 504 g/mol. The number of likely N-dealkylation sites (tertiary alicyclic amines) is 1. The summed E-state index contributed by atoms with van der Waals surface area (Å²) < 4.78 is 7.18. The smallest absolute Gasteiger partial charge is 0.308 e. The summed E-state index contributed by atoms with van der Waals surface area (Å²) in [6.07, 6.45) is 8.36. The predicted octanol–water partition coefficient (Wildman–Crippen LogP) is 2.02. The van der Waals surface area contributed by atoms with E-state index in [2.05, 4.69) is 30.0 Å². The number of fused-ring (bicyclic) bond motifs is 1. The van der Waals surface area contributed by atoms with Crippen molar-refractivity contribution < 1.29 is 9.53 Å². The number of rotatable bonds is 5. The molecule has 1 fully saturated rings. The molecule has 9 heteroatoms. The minimum absolute atomic E-state index is 0. The van der Waals surface area contributed by atoms with Crippen LogP contribution in [0.2, 0.25) is 0 Å². The highest BCUT2D eigenvalue weighted by molar-refractivity contribution is 14.0. The first-order chi connectivity index (χ1) is 13.2. The van der Waals surface area contributed by atoms with Crippen LogP contribution in [0.5, 0.6) is 0 Å². The Kier molecular flexibility index (Phi) is 9.46. The van der Waals surface area contributed by atoms with Gasteiger partial charge < -0.3 is 19.5 Å². The summed E-state index contributed by atoms with van der Waals surface area (Å²) >= 11 is 0. The van der Waals surface area contributed by atoms with Gasteiger partial charge in [-0.25, -0.2) is 0 Å². The van der Waals surface area contributed by atoms with E-state index >= 15 is 0 Å². The fourth-order valence-electron chi connectivity index (χ4n) is 4.00. The number of hydrogen-bond acceptors (Lipinski definition) is 5. The first-order valence-electron chi connectivity index (χ1n) is 10.2. The van der Waals surface area contributed by atoms with Gasteiger partial charge in [0.25, 0.3) is 0 Å². The van der Waals surface area contributed by atoms with Crippen LogP contribution in [0.1, 0.15) is 50.2 Å². The summed E-state index contributed by atoms with van der Waals surface area (Å²) in [5, 5.41) is 12.2. The third-order valence-electron chi connectivity index (χ3n) is 5.59. The standard InChI is InChI=1S/C19H32N6O2.HI/c1-20-19(24-13-9-15(10-14-24)18(26)27-2)21-11-6-8-17-23-22-16-7-4-3-5-12-25(16)17;/h15H,3-14H2,1-2H3,(H,20,21);1H. The second-order valence-corrected chi connectivity index (χ2v) is 7.36. The molecule has 3 heterocycles. The first kappa shape index (κ1) is 22.9. The van der Waals surface area contributed by atoms with Gasteiger partial charge in [-0.1, -0.05) is 6.42 Å². The Morgan fingerprint density at radius 1 is 1.21 bits per heavy atom. The van der Waals surface area contributed by atoms with Crippen molar-refractivity contribution in [2.24, 2.45) is 10.9 Å². The second-order valence-electron chi connectivity index (χ2n) is 7.36. The maximum absolute atomic E-state index is 11.7. The van der Waals surface area contributed by atoms with Gasteiger partial charge in [-0.2, -0.15) is 0 Å². The SMILES string of the molecule is CN=C(NCCCc1nnc2n1CCCCC2)N1CCC(C(=O)OC)CC1.I. The van der Waals surface area contributed by atoms with E-state index in [9.17, 15) is 4.79 Å². The first-order valence-corrected chi connectivity index (χ1v) is 10.2. The quantitative estimate of drug-likeness (QED) is 0.217. The molecule has 8 nitrogen and oxygen atoms in total. The average Bonchev–Trinajstić information content (AvgIpc) is 2.93. The van der Waals surface area contributed by atoms with Crippen molar-refractivity contribution >= 4 is 35.9 Å². The predicted molar refractivity (Wildman–Crippen MR) is 119 cm³/mol. The van der Waals surface area contributed by atoms with Crippen molar-refractivity contribution in [2.75, 3.05) is 33.8 Å². The number of ether oxygens (including phenoxy) is 1. The normalized spacial score (nSPS) is 18.1. The Morgan fingerprint density at radius 3 is 2.71 bits per heavy atom. The van der Waals surface area contributed by atoms with E-state index in [0.29, 0.717) is 0 Å². The number of esters is 1. The Balaban J connectivity index is 0.00000280. The second kappa shape index (κ2) is 11.6. The van der Waals surface area contributed by atoms with Crippen LogP contribution in [0.4, 0.5) is 0 Å². The molecule has 1 aromatic heterocycles. The number of aromatic nitrogens is 3. The van der Waals surface area contributed by atoms with E-state index in [4.69, 9.17) is 4.74 Å². The van der Waals surface area contributed by atoms with Gasteiger partial charge >= 0.3 is 5.97 Å². The van der Waals surface area contributed by atoms with Crippen LogP contribution in [0.3, 0.4) is 0 Å². The van der Waals surface area contributed by atoms with Crippen LogP contribution >= 0.6 is 24.0 Å². The van der Waals surface area contributed by atoms with Gasteiger partial charge in [-0.3, -0.25) is 9.79 Å². The zero-order valence-electron chi connectivity index (χ0n) is 17.0. The molecule has 158 valence electrons. The molecular weight excluding hydrogens is 471 g/mol. The summed E-state index contributed by atoms with van der Waals surface area (Å²) in [6, 6.07) is 0. The summed E-state index contributed by atoms with van der Waals surface area (Å²) in [5.74, 6) is 3.11. The van der Waals surface area contributed by atoms with Crippen LogP contribution in [-0.2, 0) is 28.9 Å². The summed E-state index contributed by atoms with van der Waals surface area (Å²) in [6.45, 7) is 3.57. The van der Waals surface area contributed by atoms with Gasteiger partial charge in [0.15, 0.2) is 5.96 Å². The van der Waals surface area contributed by atoms with Gasteiger partial charge in [-0.05, 0) is 32.1 Å². The molecule has 3 rings (SSSR count). The molecule has 0 amide bonds. The van der Waals surface area contributed by atoms with Crippen LogP contribution in [0.15, 0.2) is 4.99 Å². The lowest BCUT2D eigenvalue weighted by Gasteiger charge is -2.33. The fourth-order valence-corrected chi connectivity index (χ4v) is 4.00. The number of hydrogen-bond donors (Lipinski definition) is 1. The molecule has 1 aromatic rings. The molecule has 0 aromatic carbocycles. The van der Waals surface area contributed by atoms with Crippen molar-refractivity contribution in [1.82, 2.24) is 25.0 Å². The van der Waals surface area contributed by atoms with Crippen molar-refractivity contribution in [3.63, 3.8) is 0 Å². The lowest BCUT2D eigenvalue weighted by Crippen LogP contribution is -2.46. The van der Waals surface area contributed by atoms with Crippen LogP contribution in [0, 0.1) is 5.92 Å². The van der Waals surface area contributed by atoms with E-state index in [-0.39, 0.29) is 35.9 Å². The van der Waals surface area contributed by atoms with E-state index in [1.54, 1.807) is 0 Å². The monoisotopic (exact) mass is 504 g/mol. The highest BCUT2D eigenvalue weighted by Crippen LogP contribution is 2.18. The number of aliphatic imine (C=N–C) groups is 1. The minimum atomic E-state index is -0.0926. The molecule has 0 atom stereocenters. The molecule has 0 saturated carbocycles. The summed E-state index contributed by atoms with van der Waals surface area (Å²) in [5.41, 5.74) is 0. The van der Waals surface area contributed by atoms with Crippen LogP contribution in [0.25, 0.3) is 0 Å². The molecule has 1 saturated heterocycles. The molecule has 0 spiro atoms. The number of carbonyl (C=O) groups excluding carboxylic acids is 1. The number of nitrogens with one attached hydrogen (secondary N) is 1. The number of piperidine rings is 1. The third-order valence-corrected chi connectivity index (χ3v) is 5.59. The Hall–Kier alpha value is -1.39. The number of nitrogens with zero attached hydrogens (tertiary/aromatic N) is 5. The Labute approximate surface area is 184 Å². The molecule has 28 heavy (non-hydrogen) atoms. The maximum Gasteiger partial charge on any atom is 0.308 e. The van der Waals surface area contributed by atoms with Crippen molar-refractivity contribution in [3.05, 3.63) is 11.6 Å². The Bertz CT molecular complexity index is 655. The minimum Gasteiger partial charge on any atom is -0.469 e. The third kappa shape index (κ3) is 5.81. The number of guanidine groups is 1. The molecule has 0 aliphatic carbocycles. The summed E-state index contributed by atoms with van der Waals surface area (Å²) in [7, 11) is 3.27. The lowest BCUT2D eigenvalue weighted by atomic mass is 9.97. The number of methoxy groups -OCH3 is 1. The zero-order valence-corrected chi connectivity index (χ0v) is 19.4. The molecule has 2 aliphatic rings. The van der Waals surface area contributed by atoms with Crippen molar-refractivity contribution in [1.29, 1.82) is 0 Å². The Morgan fingerprint density at radius 2 is 2.00 bits per heavy atom. The van der Waals surface area contributed by atoms with E-state index in [0.717, 1.165) is 75.9 Å². The number of halogens is 1. The van der Waals surface area contributed by atoms with Gasteiger partial charge in [0.2, 0.25) is 0 Å². The topological polar surface area (TPSA) is 84.6 Å². The maximum atomic E-state index is 11.7. The van der Waals surface area contributed by atoms with Gasteiger partial charge in [0.05, 0.1) is 13.0 Å². The molecule has 0 radical (unpaired) electrons. The van der Waals surface area contributed by atoms with Crippen LogP contribution < -0.4 is 5.32 Å². The van der Waals surface area contributed by atoms with Gasteiger partial charge in [0.1, 0.15) is 11.6 Å². The number of carbonyl (C=O) groups is 1. The van der Waals surface area contributed by atoms with Crippen LogP contribution in [-0.4, -0.2) is 65.4 Å². The van der Waals surface area contributed by atoms with Gasteiger partial charge in [0, 0.05) is 46.1 Å². The molecular formula is C19H33IN6O2. The van der Waals surface area contributed by atoms with Crippen molar-refractivity contribution in [2.45, 2.75) is 57.9 Å². The highest BCUT2D eigenvalue weighted by Gasteiger charge is 2.26. The molecule has 0 bridgehead atoms. The lowest BCUT2D eigenvalue weighted by molar-refractivity contribution is -0.146. The highest BCUT2D eigenvalue weighted by atomic mass is 127. The molecule has 2 aliphatic heterocycles. The molecule has 0 unspecified atom stereocenters. The summed E-state index contributed by atoms with van der Waals surface area (Å²) in [4.78, 5) is 18.3. The zero-order chi connectivity index (χ0) is 19.1. The van der Waals surface area contributed by atoms with E-state index < -0.39 is 0 Å². The largest absolute Gasteiger partial charge is 0.469 e. The molecule has 1 N–H and O–H groups in total. The number of aryl methyl sites for hydroxylation is 2.